The second kappa shape index (κ2) is 6.26. The maximum atomic E-state index is 11.8. The molecule has 1 unspecified atom stereocenters. The molecule has 0 amide bonds. The first-order valence-corrected chi connectivity index (χ1v) is 8.08. The zero-order valence-corrected chi connectivity index (χ0v) is 11.8. The van der Waals surface area contributed by atoms with E-state index >= 15 is 0 Å². The highest BCUT2D eigenvalue weighted by molar-refractivity contribution is 7.99. The molecule has 1 heterocycles. The van der Waals surface area contributed by atoms with Gasteiger partial charge in [-0.3, -0.25) is 0 Å². The lowest BCUT2D eigenvalue weighted by Gasteiger charge is -2.08. The lowest BCUT2D eigenvalue weighted by Crippen LogP contribution is -2.26. The number of hydrogen-bond donors (Lipinski definition) is 3. The second-order valence-electron chi connectivity index (χ2n) is 3.79. The van der Waals surface area contributed by atoms with E-state index in [0.29, 0.717) is 11.8 Å². The smallest absolute Gasteiger partial charge is 0.352 e. The van der Waals surface area contributed by atoms with Crippen LogP contribution in [-0.4, -0.2) is 42.5 Å². The molecule has 0 fully saturated rings. The normalized spacial score (nSPS) is 13.4. The van der Waals surface area contributed by atoms with Crippen molar-refractivity contribution in [2.45, 2.75) is 23.5 Å². The average Bonchev–Trinajstić information content (AvgIpc) is 2.78. The molecule has 1 rings (SSSR count). The standard InChI is InChI=1S/C10H16N2O4S2/c1-7(17-2)3-4-12-18(15,16)8-5-9(10(13)14)11-6-8/h5-7,11-12H,3-4H2,1-2H3,(H,13,14). The van der Waals surface area contributed by atoms with Crippen LogP contribution in [0.4, 0.5) is 0 Å². The van der Waals surface area contributed by atoms with Gasteiger partial charge in [-0.2, -0.15) is 11.8 Å². The molecule has 0 radical (unpaired) electrons. The van der Waals surface area contributed by atoms with Gasteiger partial charge in [0.25, 0.3) is 0 Å². The second-order valence-corrected chi connectivity index (χ2v) is 6.83. The first kappa shape index (κ1) is 15.1. The third-order valence-electron chi connectivity index (χ3n) is 2.44. The molecule has 18 heavy (non-hydrogen) atoms. The molecule has 0 bridgehead atoms. The van der Waals surface area contributed by atoms with Crippen LogP contribution in [0.5, 0.6) is 0 Å². The molecule has 0 saturated carbocycles. The van der Waals surface area contributed by atoms with Crippen molar-refractivity contribution < 1.29 is 18.3 Å². The van der Waals surface area contributed by atoms with Crippen LogP contribution in [-0.2, 0) is 10.0 Å². The van der Waals surface area contributed by atoms with Gasteiger partial charge in [-0.25, -0.2) is 17.9 Å². The number of nitrogens with one attached hydrogen (secondary N) is 2. The minimum absolute atomic E-state index is 0.0586. The van der Waals surface area contributed by atoms with E-state index < -0.39 is 16.0 Å². The summed E-state index contributed by atoms with van der Waals surface area (Å²) in [6.07, 6.45) is 3.85. The van der Waals surface area contributed by atoms with Crippen molar-refractivity contribution in [3.8, 4) is 0 Å². The van der Waals surface area contributed by atoms with Crippen LogP contribution in [0.15, 0.2) is 17.2 Å². The molecule has 102 valence electrons. The quantitative estimate of drug-likeness (QED) is 0.699. The molecule has 0 aliphatic carbocycles. The number of aromatic carboxylic acids is 1. The predicted octanol–water partition coefficient (Wildman–Crippen LogP) is 1.13. The van der Waals surface area contributed by atoms with Crippen molar-refractivity contribution in [2.24, 2.45) is 0 Å². The van der Waals surface area contributed by atoms with Crippen LogP contribution in [0.2, 0.25) is 0 Å². The first-order valence-electron chi connectivity index (χ1n) is 5.31. The molecule has 0 aliphatic heterocycles. The monoisotopic (exact) mass is 292 g/mol. The molecule has 0 saturated heterocycles. The van der Waals surface area contributed by atoms with Crippen molar-refractivity contribution in [2.75, 3.05) is 12.8 Å². The summed E-state index contributed by atoms with van der Waals surface area (Å²) < 4.78 is 26.1. The Kier molecular flexibility index (Phi) is 5.24. The highest BCUT2D eigenvalue weighted by Gasteiger charge is 2.17. The minimum Gasteiger partial charge on any atom is -0.477 e. The number of carboxylic acid groups (broad SMARTS) is 1. The fraction of sp³-hybridized carbons (Fsp3) is 0.500. The number of H-pyrrole nitrogens is 1. The van der Waals surface area contributed by atoms with E-state index in [1.807, 2.05) is 13.2 Å². The summed E-state index contributed by atoms with van der Waals surface area (Å²) in [5.74, 6) is -1.19. The van der Waals surface area contributed by atoms with E-state index in [0.717, 1.165) is 12.5 Å². The summed E-state index contributed by atoms with van der Waals surface area (Å²) in [5, 5.41) is 9.06. The lowest BCUT2D eigenvalue weighted by molar-refractivity contribution is 0.0691. The molecule has 0 spiro atoms. The Morgan fingerprint density at radius 1 is 1.61 bits per heavy atom. The molecule has 1 aromatic rings. The topological polar surface area (TPSA) is 99.3 Å². The van der Waals surface area contributed by atoms with Crippen LogP contribution in [0, 0.1) is 0 Å². The van der Waals surface area contributed by atoms with Crippen LogP contribution < -0.4 is 4.72 Å². The van der Waals surface area contributed by atoms with Crippen LogP contribution in [0.25, 0.3) is 0 Å². The van der Waals surface area contributed by atoms with Gasteiger partial charge >= 0.3 is 5.97 Å². The average molecular weight is 292 g/mol. The number of aromatic nitrogens is 1. The molecule has 0 aromatic carbocycles. The lowest BCUT2D eigenvalue weighted by atomic mass is 10.3. The summed E-state index contributed by atoms with van der Waals surface area (Å²) in [4.78, 5) is 13.0. The number of hydrogen-bond acceptors (Lipinski definition) is 4. The van der Waals surface area contributed by atoms with Gasteiger partial charge in [0.05, 0.1) is 0 Å². The maximum Gasteiger partial charge on any atom is 0.352 e. The van der Waals surface area contributed by atoms with Crippen molar-refractivity contribution in [3.05, 3.63) is 18.0 Å². The first-order chi connectivity index (χ1) is 8.36. The van der Waals surface area contributed by atoms with Gasteiger partial charge in [0.1, 0.15) is 10.6 Å². The molecule has 3 N–H and O–H groups in total. The van der Waals surface area contributed by atoms with E-state index in [9.17, 15) is 13.2 Å². The number of thioether (sulfide) groups is 1. The van der Waals surface area contributed by atoms with Crippen molar-refractivity contribution in [1.29, 1.82) is 0 Å². The fourth-order valence-electron chi connectivity index (χ4n) is 1.25. The molecule has 1 aromatic heterocycles. The summed E-state index contributed by atoms with van der Waals surface area (Å²) in [6.45, 7) is 2.34. The molecular weight excluding hydrogens is 276 g/mol. The summed E-state index contributed by atoms with van der Waals surface area (Å²) >= 11 is 1.66. The predicted molar refractivity (Wildman–Crippen MR) is 70.5 cm³/mol. The molecule has 8 heteroatoms. The highest BCUT2D eigenvalue weighted by atomic mass is 32.2. The van der Waals surface area contributed by atoms with Gasteiger partial charge in [0.2, 0.25) is 10.0 Å². The van der Waals surface area contributed by atoms with Gasteiger partial charge in [-0.05, 0) is 18.7 Å². The minimum atomic E-state index is -3.63. The van der Waals surface area contributed by atoms with Crippen LogP contribution >= 0.6 is 11.8 Å². The summed E-state index contributed by atoms with van der Waals surface area (Å²) in [5.41, 5.74) is -0.146. The zero-order valence-electron chi connectivity index (χ0n) is 10.1. The van der Waals surface area contributed by atoms with E-state index in [4.69, 9.17) is 5.11 Å². The molecule has 1 atom stereocenters. The van der Waals surface area contributed by atoms with E-state index in [-0.39, 0.29) is 10.6 Å². The largest absolute Gasteiger partial charge is 0.477 e. The van der Waals surface area contributed by atoms with Crippen molar-refractivity contribution in [3.63, 3.8) is 0 Å². The molecular formula is C10H16N2O4S2. The SMILES string of the molecule is CSC(C)CCNS(=O)(=O)c1c[nH]c(C(=O)O)c1. The van der Waals surface area contributed by atoms with Crippen molar-refractivity contribution >= 4 is 27.8 Å². The summed E-state index contributed by atoms with van der Waals surface area (Å²) in [6, 6.07) is 1.10. The Labute approximate surface area is 110 Å². The van der Waals surface area contributed by atoms with E-state index in [1.54, 1.807) is 11.8 Å². The van der Waals surface area contributed by atoms with E-state index in [1.165, 1.54) is 6.20 Å². The third kappa shape index (κ3) is 4.04. The number of rotatable bonds is 7. The maximum absolute atomic E-state index is 11.8. The molecule has 0 aliphatic rings. The van der Waals surface area contributed by atoms with Crippen LogP contribution in [0.1, 0.15) is 23.8 Å². The third-order valence-corrected chi connectivity index (χ3v) is 4.92. The summed E-state index contributed by atoms with van der Waals surface area (Å²) in [7, 11) is -3.63. The number of carbonyl (C=O) groups is 1. The van der Waals surface area contributed by atoms with Gasteiger partial charge in [-0.1, -0.05) is 6.92 Å². The van der Waals surface area contributed by atoms with Gasteiger partial charge in [-0.15, -0.1) is 0 Å². The Balaban J connectivity index is 2.65. The Morgan fingerprint density at radius 3 is 2.78 bits per heavy atom. The van der Waals surface area contributed by atoms with Crippen LogP contribution in [0.3, 0.4) is 0 Å². The molecule has 6 nitrogen and oxygen atoms in total. The fourth-order valence-corrected chi connectivity index (χ4v) is 2.64. The number of sulfonamides is 1. The van der Waals surface area contributed by atoms with Gasteiger partial charge in [0, 0.05) is 18.0 Å². The Bertz CT molecular complexity index is 510. The van der Waals surface area contributed by atoms with E-state index in [2.05, 4.69) is 9.71 Å². The zero-order chi connectivity index (χ0) is 13.8. The number of carboxylic acids is 1. The Hall–Kier alpha value is -0.990. The van der Waals surface area contributed by atoms with Gasteiger partial charge in [0.15, 0.2) is 0 Å². The number of aromatic amines is 1. The Morgan fingerprint density at radius 2 is 2.28 bits per heavy atom. The van der Waals surface area contributed by atoms with Crippen molar-refractivity contribution in [1.82, 2.24) is 9.71 Å². The van der Waals surface area contributed by atoms with Gasteiger partial charge < -0.3 is 10.1 Å². The highest BCUT2D eigenvalue weighted by Crippen LogP contribution is 2.12.